The lowest BCUT2D eigenvalue weighted by molar-refractivity contribution is -0.130. The summed E-state index contributed by atoms with van der Waals surface area (Å²) >= 11 is 0. The van der Waals surface area contributed by atoms with Gasteiger partial charge in [0.1, 0.15) is 5.76 Å². The van der Waals surface area contributed by atoms with Gasteiger partial charge in [-0.3, -0.25) is 9.59 Å². The molecule has 1 aliphatic heterocycles. The van der Waals surface area contributed by atoms with E-state index in [1.54, 1.807) is 22.8 Å². The Balaban J connectivity index is 1.61. The number of hydrogen-bond acceptors (Lipinski definition) is 6. The molecule has 8 heteroatoms. The maximum Gasteiger partial charge on any atom is 0.291 e. The maximum atomic E-state index is 12.7. The Hall–Kier alpha value is -2.64. The molecule has 0 aromatic carbocycles. The lowest BCUT2D eigenvalue weighted by atomic mass is 10.2. The minimum atomic E-state index is -0.158. The minimum absolute atomic E-state index is 0.0143. The zero-order valence-electron chi connectivity index (χ0n) is 15.4. The van der Waals surface area contributed by atoms with E-state index in [4.69, 9.17) is 8.94 Å². The average molecular weight is 360 g/mol. The number of rotatable bonds is 4. The van der Waals surface area contributed by atoms with E-state index < -0.39 is 0 Å². The first-order chi connectivity index (χ1) is 12.5. The van der Waals surface area contributed by atoms with Gasteiger partial charge in [0.05, 0.1) is 17.8 Å². The molecule has 0 saturated carbocycles. The molecule has 2 aromatic rings. The first-order valence-corrected chi connectivity index (χ1v) is 8.93. The van der Waals surface area contributed by atoms with Crippen molar-refractivity contribution in [2.24, 2.45) is 0 Å². The fourth-order valence-electron chi connectivity index (χ4n) is 3.08. The summed E-state index contributed by atoms with van der Waals surface area (Å²) in [6.07, 6.45) is 1.56. The third-order valence-electron chi connectivity index (χ3n) is 4.48. The van der Waals surface area contributed by atoms with E-state index in [0.717, 1.165) is 12.1 Å². The van der Waals surface area contributed by atoms with Gasteiger partial charge in [-0.1, -0.05) is 12.1 Å². The molecule has 0 N–H and O–H groups in total. The van der Waals surface area contributed by atoms with Gasteiger partial charge in [-0.05, 0) is 20.3 Å². The molecular weight excluding hydrogens is 336 g/mol. The highest BCUT2D eigenvalue weighted by Crippen LogP contribution is 2.16. The van der Waals surface area contributed by atoms with E-state index in [9.17, 15) is 9.59 Å². The number of oxazole rings is 1. The molecule has 0 atom stereocenters. The van der Waals surface area contributed by atoms with E-state index >= 15 is 0 Å². The van der Waals surface area contributed by atoms with Crippen LogP contribution in [0.3, 0.4) is 0 Å². The van der Waals surface area contributed by atoms with E-state index in [1.165, 1.54) is 0 Å². The molecule has 2 amide bonds. The smallest absolute Gasteiger partial charge is 0.291 e. The van der Waals surface area contributed by atoms with Gasteiger partial charge in [0.25, 0.3) is 5.91 Å². The van der Waals surface area contributed by atoms with Crippen LogP contribution in [0.15, 0.2) is 15.0 Å². The van der Waals surface area contributed by atoms with E-state index in [-0.39, 0.29) is 18.2 Å². The van der Waals surface area contributed by atoms with Crippen molar-refractivity contribution in [1.82, 2.24) is 19.9 Å². The zero-order valence-corrected chi connectivity index (χ0v) is 15.4. The molecule has 0 bridgehead atoms. The first kappa shape index (κ1) is 18.2. The largest absolute Gasteiger partial charge is 0.435 e. The standard InChI is InChI=1S/C18H24N4O4/c1-4-15-19-13(3)17(25-15)18(24)22-7-5-6-21(8-9-22)16(23)11-14-10-12(2)20-26-14/h10H,4-9,11H2,1-3H3. The van der Waals surface area contributed by atoms with Crippen LogP contribution in [-0.2, 0) is 17.6 Å². The molecule has 0 aliphatic carbocycles. The summed E-state index contributed by atoms with van der Waals surface area (Å²) in [6, 6.07) is 1.77. The van der Waals surface area contributed by atoms with E-state index in [0.29, 0.717) is 55.7 Å². The van der Waals surface area contributed by atoms with Crippen molar-refractivity contribution in [2.75, 3.05) is 26.2 Å². The Labute approximate surface area is 152 Å². The molecule has 0 spiro atoms. The van der Waals surface area contributed by atoms with E-state index in [2.05, 4.69) is 10.1 Å². The molecule has 8 nitrogen and oxygen atoms in total. The van der Waals surface area contributed by atoms with Crippen LogP contribution < -0.4 is 0 Å². The molecule has 2 aromatic heterocycles. The van der Waals surface area contributed by atoms with Crippen LogP contribution in [-0.4, -0.2) is 57.9 Å². The number of amides is 2. The average Bonchev–Trinajstić information content (AvgIpc) is 3.10. The Kier molecular flexibility index (Phi) is 5.39. The third kappa shape index (κ3) is 3.95. The second-order valence-corrected chi connectivity index (χ2v) is 6.51. The normalized spacial score (nSPS) is 15.2. The van der Waals surface area contributed by atoms with Crippen LogP contribution in [0.2, 0.25) is 0 Å². The van der Waals surface area contributed by atoms with E-state index in [1.807, 2.05) is 13.8 Å². The van der Waals surface area contributed by atoms with Crippen molar-refractivity contribution in [3.05, 3.63) is 34.9 Å². The van der Waals surface area contributed by atoms with Crippen molar-refractivity contribution in [2.45, 2.75) is 40.0 Å². The maximum absolute atomic E-state index is 12.7. The van der Waals surface area contributed by atoms with Crippen LogP contribution in [0.25, 0.3) is 0 Å². The van der Waals surface area contributed by atoms with Crippen molar-refractivity contribution >= 4 is 11.8 Å². The molecule has 3 heterocycles. The number of carbonyl (C=O) groups is 2. The number of carbonyl (C=O) groups excluding carboxylic acids is 2. The van der Waals surface area contributed by atoms with Gasteiger partial charge in [-0.2, -0.15) is 0 Å². The lowest BCUT2D eigenvalue weighted by Crippen LogP contribution is -2.38. The fourth-order valence-corrected chi connectivity index (χ4v) is 3.08. The molecule has 26 heavy (non-hydrogen) atoms. The molecule has 3 rings (SSSR count). The van der Waals surface area contributed by atoms with Crippen LogP contribution >= 0.6 is 0 Å². The molecule has 1 fully saturated rings. The van der Waals surface area contributed by atoms with Crippen molar-refractivity contribution in [3.8, 4) is 0 Å². The van der Waals surface area contributed by atoms with Crippen LogP contribution in [0.1, 0.15) is 46.9 Å². The highest BCUT2D eigenvalue weighted by molar-refractivity contribution is 5.92. The molecule has 140 valence electrons. The van der Waals surface area contributed by atoms with Crippen LogP contribution in [0.5, 0.6) is 0 Å². The van der Waals surface area contributed by atoms with Gasteiger partial charge in [-0.25, -0.2) is 4.98 Å². The Bertz CT molecular complexity index is 795. The van der Waals surface area contributed by atoms with Gasteiger partial charge in [0, 0.05) is 38.7 Å². The van der Waals surface area contributed by atoms with Gasteiger partial charge >= 0.3 is 0 Å². The predicted octanol–water partition coefficient (Wildman–Crippen LogP) is 1.76. The van der Waals surface area contributed by atoms with Crippen molar-refractivity contribution in [3.63, 3.8) is 0 Å². The Morgan fingerprint density at radius 3 is 2.54 bits per heavy atom. The number of aryl methyl sites for hydroxylation is 3. The SMILES string of the molecule is CCc1nc(C)c(C(=O)N2CCCN(C(=O)Cc3cc(C)no3)CC2)o1. The summed E-state index contributed by atoms with van der Waals surface area (Å²) in [5.74, 6) is 1.27. The second kappa shape index (κ2) is 7.72. The first-order valence-electron chi connectivity index (χ1n) is 8.93. The summed E-state index contributed by atoms with van der Waals surface area (Å²) in [6.45, 7) is 7.71. The summed E-state index contributed by atoms with van der Waals surface area (Å²) in [5.41, 5.74) is 1.37. The molecule has 1 aliphatic rings. The van der Waals surface area contributed by atoms with Crippen LogP contribution in [0.4, 0.5) is 0 Å². The number of hydrogen-bond donors (Lipinski definition) is 0. The second-order valence-electron chi connectivity index (χ2n) is 6.51. The quantitative estimate of drug-likeness (QED) is 0.825. The zero-order chi connectivity index (χ0) is 18.7. The van der Waals surface area contributed by atoms with Gasteiger partial charge in [-0.15, -0.1) is 0 Å². The summed E-state index contributed by atoms with van der Waals surface area (Å²) in [5, 5.41) is 3.80. The molecule has 0 radical (unpaired) electrons. The summed E-state index contributed by atoms with van der Waals surface area (Å²) in [7, 11) is 0. The predicted molar refractivity (Wildman–Crippen MR) is 92.7 cm³/mol. The highest BCUT2D eigenvalue weighted by atomic mass is 16.5. The fraction of sp³-hybridized carbons (Fsp3) is 0.556. The molecule has 1 saturated heterocycles. The molecular formula is C18H24N4O4. The summed E-state index contributed by atoms with van der Waals surface area (Å²) in [4.78, 5) is 33.0. The monoisotopic (exact) mass is 360 g/mol. The van der Waals surface area contributed by atoms with Crippen molar-refractivity contribution in [1.29, 1.82) is 0 Å². The lowest BCUT2D eigenvalue weighted by Gasteiger charge is -2.21. The van der Waals surface area contributed by atoms with Gasteiger partial charge in [0.2, 0.25) is 11.7 Å². The topological polar surface area (TPSA) is 92.7 Å². The minimum Gasteiger partial charge on any atom is -0.435 e. The molecule has 0 unspecified atom stereocenters. The Morgan fingerprint density at radius 2 is 1.88 bits per heavy atom. The highest BCUT2D eigenvalue weighted by Gasteiger charge is 2.27. The van der Waals surface area contributed by atoms with Crippen LogP contribution in [0, 0.1) is 13.8 Å². The van der Waals surface area contributed by atoms with Gasteiger partial charge in [0.15, 0.2) is 5.89 Å². The Morgan fingerprint density at radius 1 is 1.15 bits per heavy atom. The number of aromatic nitrogens is 2. The third-order valence-corrected chi connectivity index (χ3v) is 4.48. The van der Waals surface area contributed by atoms with Gasteiger partial charge < -0.3 is 18.7 Å². The summed E-state index contributed by atoms with van der Waals surface area (Å²) < 4.78 is 10.7. The number of nitrogens with zero attached hydrogens (tertiary/aromatic N) is 4. The van der Waals surface area contributed by atoms with Crippen molar-refractivity contribution < 1.29 is 18.5 Å².